The molecule has 3 rings (SSSR count). The molecule has 1 aromatic carbocycles. The summed E-state index contributed by atoms with van der Waals surface area (Å²) in [4.78, 5) is 13.7. The van der Waals surface area contributed by atoms with Crippen LogP contribution in [0.15, 0.2) is 30.3 Å². The zero-order valence-corrected chi connectivity index (χ0v) is 14.7. The lowest BCUT2D eigenvalue weighted by molar-refractivity contribution is 0.311. The average molecular weight is 415 g/mol. The quantitative estimate of drug-likeness (QED) is 0.558. The van der Waals surface area contributed by atoms with Crippen LogP contribution in [0.2, 0.25) is 5.15 Å². The van der Waals surface area contributed by atoms with E-state index in [9.17, 15) is 0 Å². The van der Waals surface area contributed by atoms with Gasteiger partial charge in [-0.3, -0.25) is 0 Å². The maximum absolute atomic E-state index is 6.32. The fourth-order valence-electron chi connectivity index (χ4n) is 2.34. The summed E-state index contributed by atoms with van der Waals surface area (Å²) in [5.41, 5.74) is 1.98. The van der Waals surface area contributed by atoms with Crippen molar-refractivity contribution in [1.82, 2.24) is 14.9 Å². The highest BCUT2D eigenvalue weighted by molar-refractivity contribution is 14.1. The topological polar surface area (TPSA) is 32.3 Å². The molecule has 0 atom stereocenters. The van der Waals surface area contributed by atoms with E-state index in [1.54, 1.807) is 0 Å². The molecule has 1 fully saturated rings. The minimum Gasteiger partial charge on any atom is -0.338 e. The third kappa shape index (κ3) is 3.30. The van der Waals surface area contributed by atoms with E-state index in [0.717, 1.165) is 47.0 Å². The van der Waals surface area contributed by atoms with Gasteiger partial charge in [0.25, 0.3) is 0 Å². The summed E-state index contributed by atoms with van der Waals surface area (Å²) in [6, 6.07) is 10.1. The summed E-state index contributed by atoms with van der Waals surface area (Å²) in [5, 5.41) is 0.526. The van der Waals surface area contributed by atoms with Gasteiger partial charge < -0.3 is 9.80 Å². The lowest BCUT2D eigenvalue weighted by atomic mass is 10.1. The molecule has 0 spiro atoms. The molecular weight excluding hydrogens is 399 g/mol. The van der Waals surface area contributed by atoms with Crippen LogP contribution in [0, 0.1) is 3.57 Å². The number of benzene rings is 1. The van der Waals surface area contributed by atoms with Gasteiger partial charge in [0, 0.05) is 31.7 Å². The van der Waals surface area contributed by atoms with Crippen LogP contribution in [-0.2, 0) is 0 Å². The Morgan fingerprint density at radius 1 is 1.05 bits per heavy atom. The average Bonchev–Trinajstić information content (AvgIpc) is 2.51. The van der Waals surface area contributed by atoms with Crippen LogP contribution in [0.25, 0.3) is 11.3 Å². The van der Waals surface area contributed by atoms with Crippen molar-refractivity contribution in [3.8, 4) is 11.3 Å². The first-order chi connectivity index (χ1) is 10.1. The molecule has 110 valence electrons. The number of hydrogen-bond donors (Lipinski definition) is 0. The molecule has 0 N–H and O–H groups in total. The third-order valence-corrected chi connectivity index (χ3v) is 5.25. The maximum Gasteiger partial charge on any atom is 0.227 e. The van der Waals surface area contributed by atoms with Gasteiger partial charge in [-0.1, -0.05) is 41.9 Å². The molecule has 1 aliphatic rings. The van der Waals surface area contributed by atoms with E-state index in [1.165, 1.54) is 0 Å². The molecule has 0 unspecified atom stereocenters. The van der Waals surface area contributed by atoms with Crippen LogP contribution < -0.4 is 4.90 Å². The monoisotopic (exact) mass is 414 g/mol. The standard InChI is InChI=1S/C15H16ClIN4/c1-20-7-9-21(10-8-20)15-18-13(12(17)14(16)19-15)11-5-3-2-4-6-11/h2-6H,7-10H2,1H3. The molecule has 6 heteroatoms. The van der Waals surface area contributed by atoms with Crippen molar-refractivity contribution >= 4 is 40.1 Å². The SMILES string of the molecule is CN1CCN(c2nc(Cl)c(I)c(-c3ccccc3)n2)CC1. The molecule has 4 nitrogen and oxygen atoms in total. The van der Waals surface area contributed by atoms with Crippen LogP contribution in [0.3, 0.4) is 0 Å². The Bertz CT molecular complexity index is 627. The van der Waals surface area contributed by atoms with Gasteiger partial charge in [-0.25, -0.2) is 4.98 Å². The third-order valence-electron chi connectivity index (χ3n) is 3.63. The van der Waals surface area contributed by atoms with Crippen LogP contribution in [-0.4, -0.2) is 48.1 Å². The smallest absolute Gasteiger partial charge is 0.227 e. The molecule has 1 aliphatic heterocycles. The van der Waals surface area contributed by atoms with E-state index in [1.807, 2.05) is 18.2 Å². The van der Waals surface area contributed by atoms with E-state index < -0.39 is 0 Å². The fraction of sp³-hybridized carbons (Fsp3) is 0.333. The molecule has 2 aromatic rings. The Morgan fingerprint density at radius 2 is 1.71 bits per heavy atom. The number of aromatic nitrogens is 2. The predicted molar refractivity (Wildman–Crippen MR) is 94.9 cm³/mol. The van der Waals surface area contributed by atoms with Crippen LogP contribution in [0.5, 0.6) is 0 Å². The first-order valence-corrected chi connectivity index (χ1v) is 8.33. The first-order valence-electron chi connectivity index (χ1n) is 6.87. The Kier molecular flexibility index (Phi) is 4.61. The highest BCUT2D eigenvalue weighted by Gasteiger charge is 2.20. The van der Waals surface area contributed by atoms with Gasteiger partial charge in [0.1, 0.15) is 5.15 Å². The summed E-state index contributed by atoms with van der Waals surface area (Å²) < 4.78 is 0.901. The summed E-state index contributed by atoms with van der Waals surface area (Å²) in [6.45, 7) is 3.91. The Morgan fingerprint density at radius 3 is 2.38 bits per heavy atom. The van der Waals surface area contributed by atoms with Gasteiger partial charge in [-0.2, -0.15) is 4.98 Å². The Labute approximate surface area is 143 Å². The highest BCUT2D eigenvalue weighted by atomic mass is 127. The number of likely N-dealkylation sites (N-methyl/N-ethyl adjacent to an activating group) is 1. The normalized spacial score (nSPS) is 16.2. The van der Waals surface area contributed by atoms with Crippen molar-refractivity contribution in [3.63, 3.8) is 0 Å². The summed E-state index contributed by atoms with van der Waals surface area (Å²) in [5.74, 6) is 0.729. The molecule has 21 heavy (non-hydrogen) atoms. The zero-order chi connectivity index (χ0) is 14.8. The van der Waals surface area contributed by atoms with Crippen molar-refractivity contribution in [1.29, 1.82) is 0 Å². The van der Waals surface area contributed by atoms with Gasteiger partial charge in [0.05, 0.1) is 9.26 Å². The Balaban J connectivity index is 1.98. The van der Waals surface area contributed by atoms with E-state index in [2.05, 4.69) is 56.6 Å². The number of piperazine rings is 1. The predicted octanol–water partition coefficient (Wildman–Crippen LogP) is 3.15. The van der Waals surface area contributed by atoms with Gasteiger partial charge in [0.15, 0.2) is 0 Å². The summed E-state index contributed by atoms with van der Waals surface area (Å²) in [6.07, 6.45) is 0. The summed E-state index contributed by atoms with van der Waals surface area (Å²) in [7, 11) is 2.13. The van der Waals surface area contributed by atoms with Crippen LogP contribution >= 0.6 is 34.2 Å². The van der Waals surface area contributed by atoms with E-state index >= 15 is 0 Å². The highest BCUT2D eigenvalue weighted by Crippen LogP contribution is 2.30. The minimum atomic E-state index is 0.526. The maximum atomic E-state index is 6.32. The molecule has 0 bridgehead atoms. The minimum absolute atomic E-state index is 0.526. The molecule has 0 radical (unpaired) electrons. The molecule has 1 aromatic heterocycles. The number of anilines is 1. The van der Waals surface area contributed by atoms with Crippen molar-refractivity contribution in [2.75, 3.05) is 38.1 Å². The Hall–Kier alpha value is -0.920. The second-order valence-electron chi connectivity index (χ2n) is 5.13. The number of halogens is 2. The van der Waals surface area contributed by atoms with Crippen molar-refractivity contribution in [3.05, 3.63) is 39.1 Å². The summed E-state index contributed by atoms with van der Waals surface area (Å²) >= 11 is 8.54. The lowest BCUT2D eigenvalue weighted by Gasteiger charge is -2.32. The molecular formula is C15H16ClIN4. The fourth-order valence-corrected chi connectivity index (χ4v) is 3.06. The van der Waals surface area contributed by atoms with Crippen molar-refractivity contribution in [2.45, 2.75) is 0 Å². The molecule has 1 saturated heterocycles. The largest absolute Gasteiger partial charge is 0.338 e. The van der Waals surface area contributed by atoms with Crippen LogP contribution in [0.1, 0.15) is 0 Å². The van der Waals surface area contributed by atoms with Crippen molar-refractivity contribution in [2.24, 2.45) is 0 Å². The lowest BCUT2D eigenvalue weighted by Crippen LogP contribution is -2.45. The van der Waals surface area contributed by atoms with Gasteiger partial charge in [-0.15, -0.1) is 0 Å². The van der Waals surface area contributed by atoms with Crippen LogP contribution in [0.4, 0.5) is 5.95 Å². The van der Waals surface area contributed by atoms with Gasteiger partial charge >= 0.3 is 0 Å². The van der Waals surface area contributed by atoms with E-state index in [-0.39, 0.29) is 0 Å². The van der Waals surface area contributed by atoms with E-state index in [4.69, 9.17) is 16.6 Å². The molecule has 0 amide bonds. The van der Waals surface area contributed by atoms with E-state index in [0.29, 0.717) is 5.15 Å². The van der Waals surface area contributed by atoms with Gasteiger partial charge in [0.2, 0.25) is 5.95 Å². The number of nitrogens with zero attached hydrogens (tertiary/aromatic N) is 4. The zero-order valence-electron chi connectivity index (χ0n) is 11.8. The molecule has 0 aliphatic carbocycles. The van der Waals surface area contributed by atoms with Gasteiger partial charge in [-0.05, 0) is 29.6 Å². The second-order valence-corrected chi connectivity index (χ2v) is 6.57. The number of hydrogen-bond acceptors (Lipinski definition) is 4. The molecule has 0 saturated carbocycles. The second kappa shape index (κ2) is 6.46. The molecule has 2 heterocycles. The van der Waals surface area contributed by atoms with Crippen molar-refractivity contribution < 1.29 is 0 Å². The first kappa shape index (κ1) is 15.0. The number of rotatable bonds is 2.